The van der Waals surface area contributed by atoms with Crippen molar-refractivity contribution in [2.75, 3.05) is 7.11 Å². The van der Waals surface area contributed by atoms with E-state index >= 15 is 0 Å². The highest BCUT2D eigenvalue weighted by molar-refractivity contribution is 5.99. The first-order valence-electron chi connectivity index (χ1n) is 8.32. The van der Waals surface area contributed by atoms with Crippen molar-refractivity contribution in [2.45, 2.75) is 19.8 Å². The minimum atomic E-state index is -0.641. The Bertz CT molecular complexity index is 842. The fraction of sp³-hybridized carbons (Fsp3) is 0.200. The topological polar surface area (TPSA) is 105 Å². The Kier molecular flexibility index (Phi) is 6.82. The lowest BCUT2D eigenvalue weighted by Gasteiger charge is -2.11. The predicted molar refractivity (Wildman–Crippen MR) is 99.0 cm³/mol. The normalized spacial score (nSPS) is 11.0. The van der Waals surface area contributed by atoms with Crippen molar-refractivity contribution >= 4 is 17.4 Å². The highest BCUT2D eigenvalue weighted by atomic mass is 16.7. The molecule has 1 amide bonds. The molecule has 2 aromatic rings. The van der Waals surface area contributed by atoms with Gasteiger partial charge in [-0.25, -0.2) is 4.79 Å². The molecule has 0 aliphatic carbocycles. The van der Waals surface area contributed by atoms with Gasteiger partial charge in [-0.3, -0.25) is 4.79 Å². The van der Waals surface area contributed by atoms with Crippen LogP contribution in [0.1, 0.15) is 30.9 Å². The van der Waals surface area contributed by atoms with Crippen LogP contribution in [-0.4, -0.2) is 29.2 Å². The van der Waals surface area contributed by atoms with E-state index in [0.29, 0.717) is 28.9 Å². The van der Waals surface area contributed by atoms with Crippen LogP contribution in [-0.2, 0) is 14.4 Å². The smallest absolute Gasteiger partial charge is 0.332 e. The zero-order valence-electron chi connectivity index (χ0n) is 15.1. The van der Waals surface area contributed by atoms with Crippen LogP contribution in [0.5, 0.6) is 17.2 Å². The van der Waals surface area contributed by atoms with Gasteiger partial charge in [0.25, 0.3) is 5.91 Å². The third-order valence-electron chi connectivity index (χ3n) is 3.68. The molecule has 0 saturated heterocycles. The number of carbonyl (C=O) groups excluding carboxylic acids is 2. The first-order valence-corrected chi connectivity index (χ1v) is 8.32. The van der Waals surface area contributed by atoms with Crippen LogP contribution in [0, 0.1) is 0 Å². The minimum absolute atomic E-state index is 0.196. The standard InChI is InChI=1S/C20H21NO6/c1-3-4-20(25)27-21-19(24)12-16(13-5-8-15(26-2)9-6-13)14-7-10-17(22)18(23)11-14/h5-12,22-23H,3-4H2,1-2H3,(H,21,24)/b16-12+. The highest BCUT2D eigenvalue weighted by Crippen LogP contribution is 2.31. The molecule has 7 nitrogen and oxygen atoms in total. The molecule has 0 aromatic heterocycles. The molecule has 0 radical (unpaired) electrons. The number of rotatable bonds is 6. The molecule has 0 atom stereocenters. The van der Waals surface area contributed by atoms with E-state index in [0.717, 1.165) is 0 Å². The number of methoxy groups -OCH3 is 1. The Hall–Kier alpha value is -3.48. The molecule has 2 rings (SSSR count). The lowest BCUT2D eigenvalue weighted by molar-refractivity contribution is -0.156. The Morgan fingerprint density at radius 1 is 1.04 bits per heavy atom. The molecular weight excluding hydrogens is 350 g/mol. The van der Waals surface area contributed by atoms with E-state index < -0.39 is 11.9 Å². The van der Waals surface area contributed by atoms with Crippen LogP contribution >= 0.6 is 0 Å². The number of hydrogen-bond acceptors (Lipinski definition) is 6. The zero-order chi connectivity index (χ0) is 19.8. The lowest BCUT2D eigenvalue weighted by atomic mass is 9.97. The number of nitrogens with one attached hydrogen (secondary N) is 1. The van der Waals surface area contributed by atoms with Crippen molar-refractivity contribution < 1.29 is 29.4 Å². The van der Waals surface area contributed by atoms with Gasteiger partial charge >= 0.3 is 5.97 Å². The van der Waals surface area contributed by atoms with E-state index in [2.05, 4.69) is 5.48 Å². The first kappa shape index (κ1) is 19.8. The summed E-state index contributed by atoms with van der Waals surface area (Å²) in [6.07, 6.45) is 2.04. The van der Waals surface area contributed by atoms with Crippen molar-refractivity contribution in [3.8, 4) is 17.2 Å². The summed E-state index contributed by atoms with van der Waals surface area (Å²) in [5.74, 6) is -1.12. The number of ether oxygens (including phenoxy) is 1. The molecule has 0 unspecified atom stereocenters. The van der Waals surface area contributed by atoms with E-state index in [1.807, 2.05) is 6.92 Å². The van der Waals surface area contributed by atoms with Gasteiger partial charge in [-0.15, -0.1) is 0 Å². The summed E-state index contributed by atoms with van der Waals surface area (Å²) >= 11 is 0. The first-order chi connectivity index (χ1) is 12.9. The van der Waals surface area contributed by atoms with Gasteiger partial charge in [0.05, 0.1) is 7.11 Å². The zero-order valence-corrected chi connectivity index (χ0v) is 15.1. The molecule has 0 heterocycles. The summed E-state index contributed by atoms with van der Waals surface area (Å²) < 4.78 is 5.13. The van der Waals surface area contributed by atoms with Crippen LogP contribution in [0.25, 0.3) is 5.57 Å². The van der Waals surface area contributed by atoms with Crippen LogP contribution in [0.4, 0.5) is 0 Å². The van der Waals surface area contributed by atoms with Crippen molar-refractivity contribution in [3.05, 3.63) is 59.7 Å². The van der Waals surface area contributed by atoms with E-state index in [4.69, 9.17) is 9.57 Å². The molecule has 3 N–H and O–H groups in total. The van der Waals surface area contributed by atoms with Crippen LogP contribution in [0.15, 0.2) is 48.5 Å². The summed E-state index contributed by atoms with van der Waals surface area (Å²) in [6.45, 7) is 1.82. The second-order valence-electron chi connectivity index (χ2n) is 5.68. The highest BCUT2D eigenvalue weighted by Gasteiger charge is 2.12. The van der Waals surface area contributed by atoms with E-state index in [1.165, 1.54) is 18.2 Å². The van der Waals surface area contributed by atoms with E-state index in [-0.39, 0.29) is 17.9 Å². The van der Waals surface area contributed by atoms with Gasteiger partial charge in [0, 0.05) is 12.5 Å². The van der Waals surface area contributed by atoms with Crippen molar-refractivity contribution in [1.29, 1.82) is 0 Å². The maximum absolute atomic E-state index is 12.2. The van der Waals surface area contributed by atoms with Gasteiger partial charge in [-0.2, -0.15) is 5.48 Å². The number of hydrogen-bond donors (Lipinski definition) is 3. The predicted octanol–water partition coefficient (Wildman–Crippen LogP) is 2.91. The SMILES string of the molecule is CCCC(=O)ONC(=O)/C=C(\c1ccc(OC)cc1)c1ccc(O)c(O)c1. The monoisotopic (exact) mass is 371 g/mol. The maximum atomic E-state index is 12.2. The summed E-state index contributed by atoms with van der Waals surface area (Å²) in [5, 5.41) is 19.3. The number of benzene rings is 2. The van der Waals surface area contributed by atoms with Gasteiger partial charge in [-0.1, -0.05) is 25.1 Å². The molecule has 2 aromatic carbocycles. The van der Waals surface area contributed by atoms with Gasteiger partial charge in [0.2, 0.25) is 0 Å². The lowest BCUT2D eigenvalue weighted by Crippen LogP contribution is -2.25. The van der Waals surface area contributed by atoms with E-state index in [1.54, 1.807) is 37.4 Å². The third kappa shape index (κ3) is 5.50. The number of carbonyl (C=O) groups is 2. The Morgan fingerprint density at radius 2 is 1.70 bits per heavy atom. The number of hydroxylamine groups is 1. The quantitative estimate of drug-likeness (QED) is 0.410. The summed E-state index contributed by atoms with van der Waals surface area (Å²) in [5.41, 5.74) is 3.69. The fourth-order valence-corrected chi connectivity index (χ4v) is 2.32. The van der Waals surface area contributed by atoms with Crippen molar-refractivity contribution in [2.24, 2.45) is 0 Å². The summed E-state index contributed by atoms with van der Waals surface area (Å²) in [6, 6.07) is 11.1. The maximum Gasteiger partial charge on any atom is 0.332 e. The molecule has 0 aliphatic heterocycles. The number of aromatic hydroxyl groups is 2. The average Bonchev–Trinajstić information content (AvgIpc) is 2.67. The number of phenolic OH excluding ortho intramolecular Hbond substituents is 2. The average molecular weight is 371 g/mol. The molecule has 0 fully saturated rings. The van der Waals surface area contributed by atoms with Gasteiger partial charge in [-0.05, 0) is 47.4 Å². The second-order valence-corrected chi connectivity index (χ2v) is 5.68. The van der Waals surface area contributed by atoms with Crippen molar-refractivity contribution in [3.63, 3.8) is 0 Å². The van der Waals surface area contributed by atoms with Crippen LogP contribution in [0.2, 0.25) is 0 Å². The van der Waals surface area contributed by atoms with Gasteiger partial charge < -0.3 is 19.8 Å². The van der Waals surface area contributed by atoms with Gasteiger partial charge in [0.1, 0.15) is 5.75 Å². The Labute approximate surface area is 156 Å². The fourth-order valence-electron chi connectivity index (χ4n) is 2.32. The summed E-state index contributed by atoms with van der Waals surface area (Å²) in [4.78, 5) is 28.3. The molecule has 0 saturated carbocycles. The number of amides is 1. The Morgan fingerprint density at radius 3 is 2.30 bits per heavy atom. The molecule has 0 aliphatic rings. The molecule has 0 bridgehead atoms. The number of phenols is 2. The largest absolute Gasteiger partial charge is 0.504 e. The van der Waals surface area contributed by atoms with Crippen LogP contribution < -0.4 is 10.2 Å². The van der Waals surface area contributed by atoms with E-state index in [9.17, 15) is 19.8 Å². The van der Waals surface area contributed by atoms with Crippen LogP contribution in [0.3, 0.4) is 0 Å². The molecule has 142 valence electrons. The Balaban J connectivity index is 2.34. The van der Waals surface area contributed by atoms with Crippen molar-refractivity contribution in [1.82, 2.24) is 5.48 Å². The third-order valence-corrected chi connectivity index (χ3v) is 3.68. The summed E-state index contributed by atoms with van der Waals surface area (Å²) in [7, 11) is 1.54. The molecular formula is C20H21NO6. The molecule has 7 heteroatoms. The molecule has 0 spiro atoms. The second kappa shape index (κ2) is 9.28. The minimum Gasteiger partial charge on any atom is -0.504 e. The molecule has 27 heavy (non-hydrogen) atoms. The van der Waals surface area contributed by atoms with Gasteiger partial charge in [0.15, 0.2) is 11.5 Å².